The van der Waals surface area contributed by atoms with Crippen molar-refractivity contribution in [1.29, 1.82) is 0 Å². The van der Waals surface area contributed by atoms with Crippen LogP contribution < -0.4 is 0 Å². The summed E-state index contributed by atoms with van der Waals surface area (Å²) in [5.41, 5.74) is 1.03. The van der Waals surface area contributed by atoms with Crippen LogP contribution in [0.4, 0.5) is 0 Å². The summed E-state index contributed by atoms with van der Waals surface area (Å²) in [5, 5.41) is 8.34. The zero-order valence-electron chi connectivity index (χ0n) is 11.8. The molecule has 3 rings (SSSR count). The van der Waals surface area contributed by atoms with E-state index in [1.807, 2.05) is 30.3 Å². The summed E-state index contributed by atoms with van der Waals surface area (Å²) in [7, 11) is 1.67. The third-order valence-corrected chi connectivity index (χ3v) is 3.98. The van der Waals surface area contributed by atoms with E-state index in [9.17, 15) is 0 Å². The molecule has 0 spiro atoms. The molecule has 0 amide bonds. The summed E-state index contributed by atoms with van der Waals surface area (Å²) in [5.74, 6) is 2.00. The number of aromatic nitrogens is 2. The number of rotatable bonds is 5. The summed E-state index contributed by atoms with van der Waals surface area (Å²) in [6.45, 7) is 0. The van der Waals surface area contributed by atoms with Gasteiger partial charge in [-0.15, -0.1) is 10.2 Å². The molecule has 20 heavy (non-hydrogen) atoms. The van der Waals surface area contributed by atoms with Crippen LogP contribution in [-0.4, -0.2) is 17.3 Å². The summed E-state index contributed by atoms with van der Waals surface area (Å²) >= 11 is 0. The van der Waals surface area contributed by atoms with Crippen molar-refractivity contribution in [3.8, 4) is 0 Å². The van der Waals surface area contributed by atoms with E-state index >= 15 is 0 Å². The summed E-state index contributed by atoms with van der Waals surface area (Å²) in [6.07, 6.45) is 5.85. The van der Waals surface area contributed by atoms with Gasteiger partial charge in [-0.05, 0) is 24.3 Å². The average Bonchev–Trinajstić information content (AvgIpc) is 3.14. The molecule has 1 atom stereocenters. The first-order valence-corrected chi connectivity index (χ1v) is 7.27. The lowest BCUT2D eigenvalue weighted by Gasteiger charge is -2.11. The molecule has 0 N–H and O–H groups in total. The minimum absolute atomic E-state index is 0.277. The van der Waals surface area contributed by atoms with Crippen LogP contribution in [0.15, 0.2) is 34.7 Å². The molecule has 0 unspecified atom stereocenters. The van der Waals surface area contributed by atoms with Gasteiger partial charge < -0.3 is 9.15 Å². The van der Waals surface area contributed by atoms with Crippen molar-refractivity contribution in [1.82, 2.24) is 10.2 Å². The Morgan fingerprint density at radius 3 is 2.65 bits per heavy atom. The van der Waals surface area contributed by atoms with E-state index in [2.05, 4.69) is 10.2 Å². The van der Waals surface area contributed by atoms with Crippen LogP contribution in [0.5, 0.6) is 0 Å². The SMILES string of the molecule is CO[C@@H](c1ccccc1)c1nnc(CC2CCCC2)o1. The lowest BCUT2D eigenvalue weighted by Crippen LogP contribution is -2.03. The van der Waals surface area contributed by atoms with Crippen molar-refractivity contribution < 1.29 is 9.15 Å². The van der Waals surface area contributed by atoms with E-state index < -0.39 is 0 Å². The predicted molar refractivity (Wildman–Crippen MR) is 75.3 cm³/mol. The zero-order valence-corrected chi connectivity index (χ0v) is 11.8. The second-order valence-corrected chi connectivity index (χ2v) is 5.42. The molecule has 0 radical (unpaired) electrons. The molecule has 4 nitrogen and oxygen atoms in total. The monoisotopic (exact) mass is 272 g/mol. The standard InChI is InChI=1S/C16H20N2O2/c1-19-15(13-9-3-2-4-10-13)16-18-17-14(20-16)11-12-7-5-6-8-12/h2-4,9-10,12,15H,5-8,11H2,1H3/t15-/m0/s1. The number of hydrogen-bond acceptors (Lipinski definition) is 4. The molecular formula is C16H20N2O2. The van der Waals surface area contributed by atoms with Gasteiger partial charge in [0.2, 0.25) is 11.8 Å². The average molecular weight is 272 g/mol. The minimum atomic E-state index is -0.277. The van der Waals surface area contributed by atoms with Gasteiger partial charge in [0, 0.05) is 13.5 Å². The molecular weight excluding hydrogens is 252 g/mol. The van der Waals surface area contributed by atoms with Gasteiger partial charge in [-0.1, -0.05) is 43.2 Å². The number of nitrogens with zero attached hydrogens (tertiary/aromatic N) is 2. The Morgan fingerprint density at radius 1 is 1.20 bits per heavy atom. The lowest BCUT2D eigenvalue weighted by molar-refractivity contribution is 0.110. The fraction of sp³-hybridized carbons (Fsp3) is 0.500. The van der Waals surface area contributed by atoms with Crippen molar-refractivity contribution >= 4 is 0 Å². The van der Waals surface area contributed by atoms with Gasteiger partial charge in [-0.25, -0.2) is 0 Å². The van der Waals surface area contributed by atoms with Crippen molar-refractivity contribution in [3.63, 3.8) is 0 Å². The molecule has 4 heteroatoms. The van der Waals surface area contributed by atoms with Crippen molar-refractivity contribution in [2.45, 2.75) is 38.2 Å². The predicted octanol–water partition coefficient (Wildman–Crippen LogP) is 3.54. The molecule has 1 saturated carbocycles. The van der Waals surface area contributed by atoms with E-state index in [0.29, 0.717) is 11.8 Å². The number of methoxy groups -OCH3 is 1. The highest BCUT2D eigenvalue weighted by molar-refractivity contribution is 5.21. The van der Waals surface area contributed by atoms with Crippen molar-refractivity contribution in [2.75, 3.05) is 7.11 Å². The lowest BCUT2D eigenvalue weighted by atomic mass is 10.0. The van der Waals surface area contributed by atoms with E-state index in [0.717, 1.165) is 17.9 Å². The first kappa shape index (κ1) is 13.3. The molecule has 1 aromatic carbocycles. The molecule has 1 aliphatic rings. The minimum Gasteiger partial charge on any atom is -0.422 e. The Labute approximate surface area is 119 Å². The maximum Gasteiger partial charge on any atom is 0.249 e. The van der Waals surface area contributed by atoms with Crippen LogP contribution >= 0.6 is 0 Å². The van der Waals surface area contributed by atoms with Crippen LogP contribution in [0.2, 0.25) is 0 Å². The van der Waals surface area contributed by atoms with Gasteiger partial charge in [-0.2, -0.15) is 0 Å². The highest BCUT2D eigenvalue weighted by Crippen LogP contribution is 2.29. The Morgan fingerprint density at radius 2 is 1.95 bits per heavy atom. The van der Waals surface area contributed by atoms with Crippen molar-refractivity contribution in [2.24, 2.45) is 5.92 Å². The fourth-order valence-corrected chi connectivity index (χ4v) is 2.92. The van der Waals surface area contributed by atoms with Crippen LogP contribution in [-0.2, 0) is 11.2 Å². The van der Waals surface area contributed by atoms with E-state index in [1.165, 1.54) is 25.7 Å². The number of hydrogen-bond donors (Lipinski definition) is 0. The van der Waals surface area contributed by atoms with E-state index in [1.54, 1.807) is 7.11 Å². The highest BCUT2D eigenvalue weighted by atomic mass is 16.5. The van der Waals surface area contributed by atoms with Gasteiger partial charge in [-0.3, -0.25) is 0 Å². The molecule has 1 heterocycles. The van der Waals surface area contributed by atoms with Gasteiger partial charge >= 0.3 is 0 Å². The Balaban J connectivity index is 1.74. The summed E-state index contributed by atoms with van der Waals surface area (Å²) in [6, 6.07) is 9.97. The maximum absolute atomic E-state index is 5.81. The van der Waals surface area contributed by atoms with Crippen LogP contribution in [0.1, 0.15) is 49.1 Å². The van der Waals surface area contributed by atoms with Crippen LogP contribution in [0, 0.1) is 5.92 Å². The fourth-order valence-electron chi connectivity index (χ4n) is 2.92. The molecule has 1 aliphatic carbocycles. The first-order chi connectivity index (χ1) is 9.86. The third-order valence-electron chi connectivity index (χ3n) is 3.98. The van der Waals surface area contributed by atoms with E-state index in [-0.39, 0.29) is 6.10 Å². The topological polar surface area (TPSA) is 48.2 Å². The number of ether oxygens (including phenoxy) is 1. The zero-order chi connectivity index (χ0) is 13.8. The second-order valence-electron chi connectivity index (χ2n) is 5.42. The number of benzene rings is 1. The summed E-state index contributed by atoms with van der Waals surface area (Å²) < 4.78 is 11.3. The molecule has 106 valence electrons. The van der Waals surface area contributed by atoms with Gasteiger partial charge in [0.25, 0.3) is 0 Å². The van der Waals surface area contributed by atoms with E-state index in [4.69, 9.17) is 9.15 Å². The normalized spacial score (nSPS) is 17.4. The first-order valence-electron chi connectivity index (χ1n) is 7.27. The third kappa shape index (κ3) is 2.90. The van der Waals surface area contributed by atoms with Crippen LogP contribution in [0.3, 0.4) is 0 Å². The highest BCUT2D eigenvalue weighted by Gasteiger charge is 2.22. The molecule has 0 saturated heterocycles. The Hall–Kier alpha value is -1.68. The Kier molecular flexibility index (Phi) is 4.11. The molecule has 2 aromatic rings. The molecule has 1 fully saturated rings. The second kappa shape index (κ2) is 6.18. The van der Waals surface area contributed by atoms with Gasteiger partial charge in [0.05, 0.1) is 0 Å². The summed E-state index contributed by atoms with van der Waals surface area (Å²) in [4.78, 5) is 0. The molecule has 1 aromatic heterocycles. The van der Waals surface area contributed by atoms with Gasteiger partial charge in [0.15, 0.2) is 6.10 Å². The smallest absolute Gasteiger partial charge is 0.249 e. The quantitative estimate of drug-likeness (QED) is 0.835. The van der Waals surface area contributed by atoms with Crippen molar-refractivity contribution in [3.05, 3.63) is 47.7 Å². The molecule has 0 aliphatic heterocycles. The van der Waals surface area contributed by atoms with Crippen LogP contribution in [0.25, 0.3) is 0 Å². The maximum atomic E-state index is 5.81. The largest absolute Gasteiger partial charge is 0.422 e. The van der Waals surface area contributed by atoms with Gasteiger partial charge in [0.1, 0.15) is 0 Å². The Bertz CT molecular complexity index is 532. The molecule has 0 bridgehead atoms.